The monoisotopic (exact) mass is 404 g/mol. The molecule has 152 valence electrons. The van der Waals surface area contributed by atoms with Crippen molar-refractivity contribution in [2.45, 2.75) is 20.1 Å². The molecule has 0 saturated heterocycles. The number of halogens is 2. The lowest BCUT2D eigenvalue weighted by Crippen LogP contribution is -2.16. The van der Waals surface area contributed by atoms with Crippen LogP contribution < -0.4 is 14.4 Å². The Morgan fingerprint density at radius 1 is 1.17 bits per heavy atom. The standard InChI is InChI=1S/C20H18F2N2O5/c1-2-27-18-9-15(7-8-17(18)29-20(21)22)24(11-16-10-23-12-28-16)14-5-3-13(4-6-14)19(25)26/h3-10,12,20H,2,11H2,1H3,(H,25,26). The van der Waals surface area contributed by atoms with Crippen LogP contribution in [0.1, 0.15) is 23.0 Å². The first-order valence-electron chi connectivity index (χ1n) is 8.68. The molecule has 0 unspecified atom stereocenters. The fourth-order valence-electron chi connectivity index (χ4n) is 2.72. The van der Waals surface area contributed by atoms with Crippen molar-refractivity contribution in [3.05, 3.63) is 66.4 Å². The van der Waals surface area contributed by atoms with Gasteiger partial charge >= 0.3 is 12.6 Å². The van der Waals surface area contributed by atoms with Crippen molar-refractivity contribution in [2.75, 3.05) is 11.5 Å². The van der Waals surface area contributed by atoms with Crippen LogP contribution in [-0.2, 0) is 6.54 Å². The Morgan fingerprint density at radius 3 is 2.48 bits per heavy atom. The van der Waals surface area contributed by atoms with E-state index in [0.29, 0.717) is 17.1 Å². The van der Waals surface area contributed by atoms with Crippen LogP contribution in [0.5, 0.6) is 11.5 Å². The largest absolute Gasteiger partial charge is 0.490 e. The highest BCUT2D eigenvalue weighted by molar-refractivity contribution is 5.88. The molecule has 2 aromatic carbocycles. The topological polar surface area (TPSA) is 85.0 Å². The zero-order valence-corrected chi connectivity index (χ0v) is 15.4. The molecule has 1 aromatic heterocycles. The third-order valence-electron chi connectivity index (χ3n) is 3.98. The molecule has 0 aliphatic rings. The van der Waals surface area contributed by atoms with Crippen LogP contribution >= 0.6 is 0 Å². The maximum atomic E-state index is 12.7. The summed E-state index contributed by atoms with van der Waals surface area (Å²) in [6, 6.07) is 10.8. The van der Waals surface area contributed by atoms with E-state index < -0.39 is 12.6 Å². The molecule has 0 atom stereocenters. The van der Waals surface area contributed by atoms with Gasteiger partial charge in [-0.25, -0.2) is 9.78 Å². The number of aromatic carboxylic acids is 1. The van der Waals surface area contributed by atoms with Crippen molar-refractivity contribution in [2.24, 2.45) is 0 Å². The summed E-state index contributed by atoms with van der Waals surface area (Å²) in [7, 11) is 0. The van der Waals surface area contributed by atoms with Crippen LogP contribution in [0.4, 0.5) is 20.2 Å². The minimum absolute atomic E-state index is 0.0774. The summed E-state index contributed by atoms with van der Waals surface area (Å²) in [4.78, 5) is 16.8. The predicted octanol–water partition coefficient (Wildman–Crippen LogP) is 4.71. The number of rotatable bonds is 9. The van der Waals surface area contributed by atoms with E-state index in [2.05, 4.69) is 9.72 Å². The van der Waals surface area contributed by atoms with Crippen molar-refractivity contribution in [3.8, 4) is 11.5 Å². The maximum absolute atomic E-state index is 12.7. The Morgan fingerprint density at radius 2 is 1.90 bits per heavy atom. The molecule has 1 N–H and O–H groups in total. The first-order chi connectivity index (χ1) is 14.0. The van der Waals surface area contributed by atoms with Gasteiger partial charge in [0.05, 0.1) is 24.9 Å². The Hall–Kier alpha value is -3.62. The van der Waals surface area contributed by atoms with E-state index in [1.807, 2.05) is 0 Å². The summed E-state index contributed by atoms with van der Waals surface area (Å²) >= 11 is 0. The van der Waals surface area contributed by atoms with Crippen molar-refractivity contribution in [1.82, 2.24) is 4.98 Å². The van der Waals surface area contributed by atoms with E-state index in [1.54, 1.807) is 42.3 Å². The van der Waals surface area contributed by atoms with E-state index in [-0.39, 0.29) is 30.2 Å². The van der Waals surface area contributed by atoms with Gasteiger partial charge in [-0.1, -0.05) is 0 Å². The zero-order valence-electron chi connectivity index (χ0n) is 15.4. The van der Waals surface area contributed by atoms with Gasteiger partial charge in [0.1, 0.15) is 5.76 Å². The lowest BCUT2D eigenvalue weighted by atomic mass is 10.1. The van der Waals surface area contributed by atoms with Gasteiger partial charge in [0.15, 0.2) is 17.9 Å². The molecule has 0 spiro atoms. The molecule has 9 heteroatoms. The predicted molar refractivity (Wildman–Crippen MR) is 100.0 cm³/mol. The number of anilines is 2. The molecule has 0 saturated carbocycles. The number of ether oxygens (including phenoxy) is 2. The molecular formula is C20H18F2N2O5. The van der Waals surface area contributed by atoms with Crippen molar-refractivity contribution in [3.63, 3.8) is 0 Å². The smallest absolute Gasteiger partial charge is 0.387 e. The number of benzene rings is 2. The maximum Gasteiger partial charge on any atom is 0.387 e. The third-order valence-corrected chi connectivity index (χ3v) is 3.98. The normalized spacial score (nSPS) is 10.8. The molecule has 0 aliphatic heterocycles. The van der Waals surface area contributed by atoms with Gasteiger partial charge in [0.25, 0.3) is 0 Å². The van der Waals surface area contributed by atoms with Gasteiger partial charge in [0, 0.05) is 17.4 Å². The van der Waals surface area contributed by atoms with Gasteiger partial charge < -0.3 is 23.9 Å². The lowest BCUT2D eigenvalue weighted by Gasteiger charge is -2.25. The van der Waals surface area contributed by atoms with E-state index in [9.17, 15) is 13.6 Å². The quantitative estimate of drug-likeness (QED) is 0.553. The lowest BCUT2D eigenvalue weighted by molar-refractivity contribution is -0.0514. The van der Waals surface area contributed by atoms with Crippen LogP contribution in [0.2, 0.25) is 0 Å². The molecule has 0 bridgehead atoms. The SMILES string of the molecule is CCOc1cc(N(Cc2cnco2)c2ccc(C(=O)O)cc2)ccc1OC(F)F. The number of aromatic nitrogens is 1. The second kappa shape index (κ2) is 9.05. The van der Waals surface area contributed by atoms with Crippen molar-refractivity contribution >= 4 is 17.3 Å². The first kappa shape index (κ1) is 20.1. The second-order valence-electron chi connectivity index (χ2n) is 5.85. The number of hydrogen-bond donors (Lipinski definition) is 1. The van der Waals surface area contributed by atoms with Gasteiger partial charge in [0.2, 0.25) is 0 Å². The van der Waals surface area contributed by atoms with Gasteiger partial charge in [-0.15, -0.1) is 0 Å². The molecule has 29 heavy (non-hydrogen) atoms. The molecule has 0 radical (unpaired) electrons. The highest BCUT2D eigenvalue weighted by atomic mass is 19.3. The molecule has 0 aliphatic carbocycles. The second-order valence-corrected chi connectivity index (χ2v) is 5.85. The summed E-state index contributed by atoms with van der Waals surface area (Å²) in [5, 5.41) is 9.11. The number of oxazole rings is 1. The summed E-state index contributed by atoms with van der Waals surface area (Å²) < 4.78 is 40.6. The Labute approximate surface area is 165 Å². The summed E-state index contributed by atoms with van der Waals surface area (Å²) in [6.45, 7) is -0.713. The van der Waals surface area contributed by atoms with Crippen LogP contribution in [-0.4, -0.2) is 29.3 Å². The number of carbonyl (C=O) groups is 1. The fourth-order valence-corrected chi connectivity index (χ4v) is 2.72. The first-order valence-corrected chi connectivity index (χ1v) is 8.68. The molecular weight excluding hydrogens is 386 g/mol. The number of alkyl halides is 2. The Balaban J connectivity index is 2.00. The number of nitrogens with zero attached hydrogens (tertiary/aromatic N) is 2. The van der Waals surface area contributed by atoms with Gasteiger partial charge in [-0.2, -0.15) is 8.78 Å². The van der Waals surface area contributed by atoms with E-state index in [4.69, 9.17) is 14.3 Å². The number of carboxylic acids is 1. The molecule has 3 aromatic rings. The minimum Gasteiger partial charge on any atom is -0.490 e. The average molecular weight is 404 g/mol. The van der Waals surface area contributed by atoms with Crippen LogP contribution in [0.15, 0.2) is 59.5 Å². The number of hydrogen-bond acceptors (Lipinski definition) is 6. The van der Waals surface area contributed by atoms with Crippen LogP contribution in [0, 0.1) is 0 Å². The highest BCUT2D eigenvalue weighted by Crippen LogP contribution is 2.36. The van der Waals surface area contributed by atoms with E-state index >= 15 is 0 Å². The molecule has 1 heterocycles. The third kappa shape index (κ3) is 5.01. The van der Waals surface area contributed by atoms with E-state index in [0.717, 1.165) is 0 Å². The van der Waals surface area contributed by atoms with E-state index in [1.165, 1.54) is 24.6 Å². The molecule has 0 fully saturated rings. The van der Waals surface area contributed by atoms with Crippen LogP contribution in [0.25, 0.3) is 0 Å². The average Bonchev–Trinajstić information content (AvgIpc) is 3.21. The number of carboxylic acid groups (broad SMARTS) is 1. The summed E-state index contributed by atoms with van der Waals surface area (Å²) in [5.74, 6) is -0.398. The molecule has 7 nitrogen and oxygen atoms in total. The summed E-state index contributed by atoms with van der Waals surface area (Å²) in [5.41, 5.74) is 1.41. The zero-order chi connectivity index (χ0) is 20.8. The highest BCUT2D eigenvalue weighted by Gasteiger charge is 2.17. The van der Waals surface area contributed by atoms with Gasteiger partial charge in [-0.05, 0) is 43.3 Å². The molecule has 0 amide bonds. The Bertz CT molecular complexity index is 946. The molecule has 3 rings (SSSR count). The summed E-state index contributed by atoms with van der Waals surface area (Å²) in [6.07, 6.45) is 2.85. The Kier molecular flexibility index (Phi) is 6.28. The van der Waals surface area contributed by atoms with Crippen molar-refractivity contribution < 1.29 is 32.6 Å². The minimum atomic E-state index is -2.98. The fraction of sp³-hybridized carbons (Fsp3) is 0.200. The van der Waals surface area contributed by atoms with Crippen LogP contribution in [0.3, 0.4) is 0 Å². The van der Waals surface area contributed by atoms with Gasteiger partial charge in [-0.3, -0.25) is 0 Å². The van der Waals surface area contributed by atoms with Crippen molar-refractivity contribution in [1.29, 1.82) is 0 Å².